The van der Waals surface area contributed by atoms with Crippen LogP contribution in [0.1, 0.15) is 19.3 Å². The van der Waals surface area contributed by atoms with Crippen molar-refractivity contribution in [1.29, 1.82) is 0 Å². The average molecular weight is 227 g/mol. The van der Waals surface area contributed by atoms with E-state index < -0.39 is 0 Å². The molecule has 2 N–H and O–H groups in total. The molecule has 0 aromatic heterocycles. The molecule has 17 heavy (non-hydrogen) atoms. The largest absolute Gasteiger partial charge is 0.304 e. The van der Waals surface area contributed by atoms with Crippen molar-refractivity contribution in [3.8, 4) is 0 Å². The smallest absolute Gasteiger partial charge is 0.144 e. The maximum absolute atomic E-state index is 4.73. The summed E-state index contributed by atoms with van der Waals surface area (Å²) in [5, 5.41) is 0. The molecule has 0 spiro atoms. The Morgan fingerprint density at radius 1 is 1.18 bits per heavy atom. The fourth-order valence-corrected chi connectivity index (χ4v) is 2.32. The van der Waals surface area contributed by atoms with Gasteiger partial charge in [-0.15, -0.1) is 0 Å². The molecule has 0 fully saturated rings. The van der Waals surface area contributed by atoms with Crippen molar-refractivity contribution in [1.82, 2.24) is 10.9 Å². The van der Waals surface area contributed by atoms with Crippen LogP contribution in [0.15, 0.2) is 53.1 Å². The molecule has 0 saturated heterocycles. The number of allylic oxidation sites excluding steroid dienone is 5. The van der Waals surface area contributed by atoms with Gasteiger partial charge in [0.2, 0.25) is 0 Å². The molecule has 0 amide bonds. The number of nitrogens with one attached hydrogen (secondary N) is 2. The highest BCUT2D eigenvalue weighted by molar-refractivity contribution is 6.01. The van der Waals surface area contributed by atoms with Crippen molar-refractivity contribution in [3.05, 3.63) is 48.1 Å². The second-order valence-corrected chi connectivity index (χ2v) is 4.54. The van der Waals surface area contributed by atoms with Crippen molar-refractivity contribution in [2.45, 2.75) is 25.4 Å². The normalized spacial score (nSPS) is 31.1. The average Bonchev–Trinajstić information content (AvgIpc) is 2.90. The molecule has 2 aliphatic carbocycles. The lowest BCUT2D eigenvalue weighted by atomic mass is 9.98. The molecular formula is C14H17N3. The summed E-state index contributed by atoms with van der Waals surface area (Å²) in [6.07, 6.45) is 18.7. The van der Waals surface area contributed by atoms with E-state index in [9.17, 15) is 0 Å². The monoisotopic (exact) mass is 227 g/mol. The van der Waals surface area contributed by atoms with Gasteiger partial charge in [-0.25, -0.2) is 10.4 Å². The summed E-state index contributed by atoms with van der Waals surface area (Å²) >= 11 is 0. The third kappa shape index (κ3) is 2.24. The second-order valence-electron chi connectivity index (χ2n) is 4.54. The topological polar surface area (TPSA) is 36.4 Å². The molecule has 3 aliphatic rings. The minimum atomic E-state index is 0.155. The third-order valence-electron chi connectivity index (χ3n) is 3.29. The zero-order chi connectivity index (χ0) is 11.5. The summed E-state index contributed by atoms with van der Waals surface area (Å²) < 4.78 is 0. The summed E-state index contributed by atoms with van der Waals surface area (Å²) in [5.41, 5.74) is 7.67. The van der Waals surface area contributed by atoms with Crippen molar-refractivity contribution in [2.75, 3.05) is 0 Å². The Morgan fingerprint density at radius 2 is 2.18 bits per heavy atom. The Balaban J connectivity index is 1.72. The van der Waals surface area contributed by atoms with Gasteiger partial charge < -0.3 is 5.43 Å². The van der Waals surface area contributed by atoms with Crippen LogP contribution in [0.5, 0.6) is 0 Å². The minimum Gasteiger partial charge on any atom is -0.304 e. The zero-order valence-corrected chi connectivity index (χ0v) is 9.76. The SMILES string of the molecule is C1=CCC(C2N=C(C3=CCCC=C3)NN2)C=C1. The van der Waals surface area contributed by atoms with Gasteiger partial charge in [-0.1, -0.05) is 42.5 Å². The van der Waals surface area contributed by atoms with E-state index in [1.54, 1.807) is 0 Å². The van der Waals surface area contributed by atoms with Gasteiger partial charge in [-0.3, -0.25) is 0 Å². The second kappa shape index (κ2) is 4.72. The van der Waals surface area contributed by atoms with Gasteiger partial charge in [0, 0.05) is 11.5 Å². The highest BCUT2D eigenvalue weighted by atomic mass is 15.5. The number of rotatable bonds is 2. The fraction of sp³-hybridized carbons (Fsp3) is 0.357. The van der Waals surface area contributed by atoms with E-state index in [0.29, 0.717) is 5.92 Å². The molecule has 0 bridgehead atoms. The van der Waals surface area contributed by atoms with Crippen LogP contribution in [0.3, 0.4) is 0 Å². The van der Waals surface area contributed by atoms with Crippen LogP contribution in [0.25, 0.3) is 0 Å². The van der Waals surface area contributed by atoms with Gasteiger partial charge in [0.05, 0.1) is 0 Å². The predicted octanol–water partition coefficient (Wildman–Crippen LogP) is 2.23. The molecule has 3 nitrogen and oxygen atoms in total. The van der Waals surface area contributed by atoms with E-state index in [1.807, 2.05) is 0 Å². The Bertz CT molecular complexity index is 440. The Kier molecular flexibility index (Phi) is 2.92. The Labute approximate surface area is 102 Å². The molecule has 0 radical (unpaired) electrons. The van der Waals surface area contributed by atoms with Crippen LogP contribution in [-0.2, 0) is 0 Å². The lowest BCUT2D eigenvalue weighted by molar-refractivity contribution is 0.433. The van der Waals surface area contributed by atoms with E-state index in [-0.39, 0.29) is 6.17 Å². The molecule has 1 heterocycles. The van der Waals surface area contributed by atoms with Gasteiger partial charge in [0.25, 0.3) is 0 Å². The molecular weight excluding hydrogens is 210 g/mol. The van der Waals surface area contributed by atoms with Gasteiger partial charge in [-0.2, -0.15) is 0 Å². The first-order chi connectivity index (χ1) is 8.43. The first-order valence-corrected chi connectivity index (χ1v) is 6.23. The molecule has 3 heteroatoms. The minimum absolute atomic E-state index is 0.155. The number of hydrogen-bond donors (Lipinski definition) is 2. The van der Waals surface area contributed by atoms with E-state index in [4.69, 9.17) is 4.99 Å². The fourth-order valence-electron chi connectivity index (χ4n) is 2.32. The number of amidine groups is 1. The molecule has 0 aromatic rings. The highest BCUT2D eigenvalue weighted by Gasteiger charge is 2.24. The van der Waals surface area contributed by atoms with Crippen LogP contribution >= 0.6 is 0 Å². The van der Waals surface area contributed by atoms with Crippen molar-refractivity contribution in [3.63, 3.8) is 0 Å². The van der Waals surface area contributed by atoms with Gasteiger partial charge in [0.15, 0.2) is 0 Å². The third-order valence-corrected chi connectivity index (χ3v) is 3.29. The van der Waals surface area contributed by atoms with E-state index in [1.165, 1.54) is 5.57 Å². The van der Waals surface area contributed by atoms with Crippen LogP contribution in [0.4, 0.5) is 0 Å². The molecule has 0 aromatic carbocycles. The summed E-state index contributed by atoms with van der Waals surface area (Å²) in [7, 11) is 0. The number of hydrogen-bond acceptors (Lipinski definition) is 3. The van der Waals surface area contributed by atoms with Crippen molar-refractivity contribution >= 4 is 5.84 Å². The van der Waals surface area contributed by atoms with Crippen LogP contribution < -0.4 is 10.9 Å². The van der Waals surface area contributed by atoms with Gasteiger partial charge in [0.1, 0.15) is 12.0 Å². The summed E-state index contributed by atoms with van der Waals surface area (Å²) in [6, 6.07) is 0. The molecule has 1 aliphatic heterocycles. The standard InChI is InChI=1S/C14H17N3/c1-3-7-11(8-4-1)13-15-14(17-16-13)12-9-5-2-6-10-12/h1,3-5,7,9-11,13,16H,2,6,8H2,(H,15,17). The number of hydrazine groups is 1. The Hall–Kier alpha value is -1.61. The van der Waals surface area contributed by atoms with Crippen molar-refractivity contribution < 1.29 is 0 Å². The Morgan fingerprint density at radius 3 is 2.94 bits per heavy atom. The maximum Gasteiger partial charge on any atom is 0.144 e. The summed E-state index contributed by atoms with van der Waals surface area (Å²) in [5.74, 6) is 1.44. The first-order valence-electron chi connectivity index (χ1n) is 6.23. The van der Waals surface area contributed by atoms with E-state index >= 15 is 0 Å². The molecule has 88 valence electrons. The lowest BCUT2D eigenvalue weighted by Gasteiger charge is -2.17. The lowest BCUT2D eigenvalue weighted by Crippen LogP contribution is -2.38. The van der Waals surface area contributed by atoms with E-state index in [0.717, 1.165) is 25.1 Å². The molecule has 2 unspecified atom stereocenters. The quantitative estimate of drug-likeness (QED) is 0.759. The van der Waals surface area contributed by atoms with Crippen LogP contribution in [0, 0.1) is 5.92 Å². The molecule has 2 atom stereocenters. The molecule has 0 saturated carbocycles. The highest BCUT2D eigenvalue weighted by Crippen LogP contribution is 2.20. The van der Waals surface area contributed by atoms with Crippen molar-refractivity contribution in [2.24, 2.45) is 10.9 Å². The number of nitrogens with zero attached hydrogens (tertiary/aromatic N) is 1. The van der Waals surface area contributed by atoms with Crippen LogP contribution in [-0.4, -0.2) is 12.0 Å². The summed E-state index contributed by atoms with van der Waals surface area (Å²) in [6.45, 7) is 0. The van der Waals surface area contributed by atoms with Gasteiger partial charge in [-0.05, 0) is 19.3 Å². The maximum atomic E-state index is 4.73. The predicted molar refractivity (Wildman–Crippen MR) is 70.3 cm³/mol. The first kappa shape index (κ1) is 10.5. The zero-order valence-electron chi connectivity index (χ0n) is 9.76. The summed E-state index contributed by atoms with van der Waals surface area (Å²) in [4.78, 5) is 4.73. The van der Waals surface area contributed by atoms with Crippen LogP contribution in [0.2, 0.25) is 0 Å². The number of aliphatic imine (C=N–C) groups is 1. The van der Waals surface area contributed by atoms with E-state index in [2.05, 4.69) is 53.4 Å². The van der Waals surface area contributed by atoms with Gasteiger partial charge >= 0.3 is 0 Å². The molecule has 3 rings (SSSR count).